The van der Waals surface area contributed by atoms with Crippen LogP contribution in [0.5, 0.6) is 0 Å². The monoisotopic (exact) mass is 299 g/mol. The number of thioether (sulfide) groups is 1. The first-order chi connectivity index (χ1) is 6.88. The van der Waals surface area contributed by atoms with E-state index >= 15 is 0 Å². The third-order valence-corrected chi connectivity index (χ3v) is 3.18. The number of alkyl halides is 3. The van der Waals surface area contributed by atoms with Crippen LogP contribution in [0.25, 0.3) is 0 Å². The van der Waals surface area contributed by atoms with Gasteiger partial charge in [-0.3, -0.25) is 0 Å². The summed E-state index contributed by atoms with van der Waals surface area (Å²) in [6.07, 6.45) is -4.91. The molecule has 1 nitrogen and oxygen atoms in total. The summed E-state index contributed by atoms with van der Waals surface area (Å²) in [5.41, 5.74) is 6.12. The van der Waals surface area contributed by atoms with E-state index in [2.05, 4.69) is 15.9 Å². The lowest BCUT2D eigenvalue weighted by atomic mass is 10.3. The Kier molecular flexibility index (Phi) is 4.33. The van der Waals surface area contributed by atoms with E-state index in [4.69, 9.17) is 5.73 Å². The Balaban J connectivity index is 2.54. The molecule has 0 fully saturated rings. The highest BCUT2D eigenvalue weighted by Crippen LogP contribution is 2.31. The molecule has 1 rings (SSSR count). The highest BCUT2D eigenvalue weighted by Gasteiger charge is 2.26. The Labute approximate surface area is 98.4 Å². The molecule has 0 saturated carbocycles. The molecule has 0 radical (unpaired) electrons. The maximum atomic E-state index is 11.9. The fraction of sp³-hybridized carbons (Fsp3) is 0.333. The Morgan fingerprint density at radius 2 is 2.00 bits per heavy atom. The van der Waals surface area contributed by atoms with Crippen molar-refractivity contribution in [2.75, 3.05) is 11.5 Å². The molecule has 1 aromatic rings. The maximum Gasteiger partial charge on any atom is 0.389 e. The maximum absolute atomic E-state index is 11.9. The van der Waals surface area contributed by atoms with Gasteiger partial charge in [0.1, 0.15) is 0 Å². The highest BCUT2D eigenvalue weighted by molar-refractivity contribution is 9.10. The van der Waals surface area contributed by atoms with Crippen LogP contribution in [0.4, 0.5) is 18.9 Å². The highest BCUT2D eigenvalue weighted by atomic mass is 79.9. The molecule has 0 bridgehead atoms. The van der Waals surface area contributed by atoms with Gasteiger partial charge in [0.05, 0.1) is 6.42 Å². The molecule has 0 unspecified atom stereocenters. The van der Waals surface area contributed by atoms with Gasteiger partial charge >= 0.3 is 6.18 Å². The average Bonchev–Trinajstić information content (AvgIpc) is 2.09. The molecule has 0 aliphatic rings. The molecule has 0 spiro atoms. The van der Waals surface area contributed by atoms with E-state index in [1.54, 1.807) is 18.2 Å². The number of benzene rings is 1. The third kappa shape index (κ3) is 4.79. The summed E-state index contributed by atoms with van der Waals surface area (Å²) in [6.45, 7) is 0. The van der Waals surface area contributed by atoms with Gasteiger partial charge in [-0.15, -0.1) is 11.8 Å². The fourth-order valence-electron chi connectivity index (χ4n) is 0.910. The summed E-state index contributed by atoms with van der Waals surface area (Å²) < 4.78 is 36.5. The predicted octanol–water partition coefficient (Wildman–Crippen LogP) is 4.08. The van der Waals surface area contributed by atoms with Crippen molar-refractivity contribution in [2.45, 2.75) is 17.5 Å². The SMILES string of the molecule is Nc1ccc(Br)cc1SCCC(F)(F)F. The lowest BCUT2D eigenvalue weighted by Crippen LogP contribution is -2.08. The molecule has 15 heavy (non-hydrogen) atoms. The fourth-order valence-corrected chi connectivity index (χ4v) is 2.42. The van der Waals surface area contributed by atoms with Crippen LogP contribution in [0.3, 0.4) is 0 Å². The Bertz CT molecular complexity index is 341. The van der Waals surface area contributed by atoms with Crippen LogP contribution < -0.4 is 5.73 Å². The van der Waals surface area contributed by atoms with Gasteiger partial charge in [-0.2, -0.15) is 13.2 Å². The van der Waals surface area contributed by atoms with Gasteiger partial charge in [-0.1, -0.05) is 15.9 Å². The van der Waals surface area contributed by atoms with E-state index in [1.807, 2.05) is 0 Å². The molecular formula is C9H9BrF3NS. The van der Waals surface area contributed by atoms with Crippen molar-refractivity contribution in [3.63, 3.8) is 0 Å². The summed E-state index contributed by atoms with van der Waals surface area (Å²) >= 11 is 4.35. The Morgan fingerprint density at radius 1 is 1.33 bits per heavy atom. The zero-order chi connectivity index (χ0) is 11.5. The number of anilines is 1. The van der Waals surface area contributed by atoms with Gasteiger partial charge in [0, 0.05) is 20.8 Å². The molecule has 0 heterocycles. The van der Waals surface area contributed by atoms with E-state index in [0.29, 0.717) is 10.6 Å². The molecule has 0 aliphatic carbocycles. The Hall–Kier alpha value is -0.360. The molecule has 0 aromatic heterocycles. The normalized spacial score (nSPS) is 11.7. The molecule has 6 heteroatoms. The minimum Gasteiger partial charge on any atom is -0.398 e. The average molecular weight is 300 g/mol. The minimum atomic E-state index is -4.10. The van der Waals surface area contributed by atoms with E-state index in [9.17, 15) is 13.2 Å². The van der Waals surface area contributed by atoms with Crippen molar-refractivity contribution in [3.8, 4) is 0 Å². The summed E-state index contributed by atoms with van der Waals surface area (Å²) in [5, 5.41) is 0. The van der Waals surface area contributed by atoms with Crippen LogP contribution in [0.1, 0.15) is 6.42 Å². The van der Waals surface area contributed by atoms with Crippen molar-refractivity contribution in [1.29, 1.82) is 0 Å². The zero-order valence-corrected chi connectivity index (χ0v) is 10.0. The molecular weight excluding hydrogens is 291 g/mol. The van der Waals surface area contributed by atoms with E-state index in [0.717, 1.165) is 16.2 Å². The molecule has 1 aromatic carbocycles. The molecule has 0 saturated heterocycles. The second-order valence-electron chi connectivity index (χ2n) is 2.90. The van der Waals surface area contributed by atoms with Crippen LogP contribution in [0.15, 0.2) is 27.6 Å². The minimum absolute atomic E-state index is 0.00977. The van der Waals surface area contributed by atoms with Gasteiger partial charge in [0.25, 0.3) is 0 Å². The lowest BCUT2D eigenvalue weighted by molar-refractivity contribution is -0.129. The van der Waals surface area contributed by atoms with Gasteiger partial charge in [0.15, 0.2) is 0 Å². The second-order valence-corrected chi connectivity index (χ2v) is 4.95. The van der Waals surface area contributed by atoms with Crippen molar-refractivity contribution in [2.24, 2.45) is 0 Å². The van der Waals surface area contributed by atoms with Crippen LogP contribution in [-0.4, -0.2) is 11.9 Å². The molecule has 84 valence electrons. The first-order valence-electron chi connectivity index (χ1n) is 4.13. The van der Waals surface area contributed by atoms with Gasteiger partial charge < -0.3 is 5.73 Å². The van der Waals surface area contributed by atoms with Crippen LogP contribution in [0.2, 0.25) is 0 Å². The molecule has 2 N–H and O–H groups in total. The molecule has 0 atom stereocenters. The largest absolute Gasteiger partial charge is 0.398 e. The van der Waals surface area contributed by atoms with Gasteiger partial charge in [0.2, 0.25) is 0 Å². The number of rotatable bonds is 3. The van der Waals surface area contributed by atoms with E-state index < -0.39 is 12.6 Å². The Morgan fingerprint density at radius 3 is 2.60 bits per heavy atom. The third-order valence-electron chi connectivity index (χ3n) is 1.62. The van der Waals surface area contributed by atoms with E-state index in [1.165, 1.54) is 0 Å². The summed E-state index contributed by atoms with van der Waals surface area (Å²) in [4.78, 5) is 0.675. The summed E-state index contributed by atoms with van der Waals surface area (Å²) in [6, 6.07) is 5.14. The zero-order valence-electron chi connectivity index (χ0n) is 7.64. The standard InChI is InChI=1S/C9H9BrF3NS/c10-6-1-2-7(14)8(5-6)15-4-3-9(11,12)13/h1-2,5H,3-4,14H2. The van der Waals surface area contributed by atoms with Crippen LogP contribution in [0, 0.1) is 0 Å². The van der Waals surface area contributed by atoms with Crippen molar-refractivity contribution < 1.29 is 13.2 Å². The summed E-state index contributed by atoms with van der Waals surface area (Å²) in [5.74, 6) is -0.00977. The number of nitrogens with two attached hydrogens (primary N) is 1. The van der Waals surface area contributed by atoms with Crippen molar-refractivity contribution in [1.82, 2.24) is 0 Å². The van der Waals surface area contributed by atoms with Crippen LogP contribution in [-0.2, 0) is 0 Å². The molecule has 0 aliphatic heterocycles. The smallest absolute Gasteiger partial charge is 0.389 e. The van der Waals surface area contributed by atoms with E-state index in [-0.39, 0.29) is 5.75 Å². The molecule has 0 amide bonds. The van der Waals surface area contributed by atoms with Crippen LogP contribution >= 0.6 is 27.7 Å². The predicted molar refractivity (Wildman–Crippen MR) is 60.0 cm³/mol. The number of nitrogen functional groups attached to an aromatic ring is 1. The van der Waals surface area contributed by atoms with Crippen molar-refractivity contribution >= 4 is 33.4 Å². The van der Waals surface area contributed by atoms with Gasteiger partial charge in [-0.05, 0) is 18.2 Å². The number of hydrogen-bond acceptors (Lipinski definition) is 2. The van der Waals surface area contributed by atoms with Crippen molar-refractivity contribution in [3.05, 3.63) is 22.7 Å². The lowest BCUT2D eigenvalue weighted by Gasteiger charge is -2.07. The quantitative estimate of drug-likeness (QED) is 0.672. The second kappa shape index (κ2) is 5.12. The number of halogens is 4. The van der Waals surface area contributed by atoms with Gasteiger partial charge in [-0.25, -0.2) is 0 Å². The first-order valence-corrected chi connectivity index (χ1v) is 5.91. The number of hydrogen-bond donors (Lipinski definition) is 1. The summed E-state index contributed by atoms with van der Waals surface area (Å²) in [7, 11) is 0. The first kappa shape index (κ1) is 12.7. The topological polar surface area (TPSA) is 26.0 Å².